The zero-order chi connectivity index (χ0) is 14.8. The van der Waals surface area contributed by atoms with Crippen LogP contribution in [0.2, 0.25) is 0 Å². The number of hydrogen-bond acceptors (Lipinski definition) is 2. The molecule has 1 aromatic rings. The minimum atomic E-state index is -0.0222. The smallest absolute Gasteiger partial charge is 0.106 e. The van der Waals surface area contributed by atoms with E-state index < -0.39 is 0 Å². The first-order valence-electron chi connectivity index (χ1n) is 6.38. The summed E-state index contributed by atoms with van der Waals surface area (Å²) in [5.41, 5.74) is 7.91. The summed E-state index contributed by atoms with van der Waals surface area (Å²) in [6.07, 6.45) is 1.05. The van der Waals surface area contributed by atoms with Crippen LogP contribution in [0.1, 0.15) is 46.6 Å². The number of hydrogen-bond donors (Lipinski definition) is 2. The highest BCUT2D eigenvalue weighted by atomic mass is 79.9. The van der Waals surface area contributed by atoms with Gasteiger partial charge < -0.3 is 11.1 Å². The Morgan fingerprint density at radius 2 is 1.84 bits per heavy atom. The molecule has 0 bridgehead atoms. The van der Waals surface area contributed by atoms with Crippen LogP contribution >= 0.6 is 28.1 Å². The van der Waals surface area contributed by atoms with Crippen molar-refractivity contribution in [2.75, 3.05) is 5.32 Å². The number of rotatable bonds is 4. The van der Waals surface area contributed by atoms with E-state index in [4.69, 9.17) is 18.0 Å². The van der Waals surface area contributed by atoms with Crippen LogP contribution in [0, 0.1) is 5.41 Å². The molecular formula is C15H23BrN2S. The summed E-state index contributed by atoms with van der Waals surface area (Å²) < 4.78 is 0.981. The lowest BCUT2D eigenvalue weighted by Gasteiger charge is -2.35. The second-order valence-electron chi connectivity index (χ2n) is 6.80. The van der Waals surface area contributed by atoms with Crippen molar-refractivity contribution in [3.8, 4) is 0 Å². The molecule has 0 atom stereocenters. The van der Waals surface area contributed by atoms with Crippen LogP contribution in [0.5, 0.6) is 0 Å². The lowest BCUT2D eigenvalue weighted by molar-refractivity contribution is 0.302. The molecular weight excluding hydrogens is 320 g/mol. The van der Waals surface area contributed by atoms with Crippen molar-refractivity contribution in [3.05, 3.63) is 28.2 Å². The average molecular weight is 343 g/mol. The van der Waals surface area contributed by atoms with E-state index in [0.717, 1.165) is 22.1 Å². The summed E-state index contributed by atoms with van der Waals surface area (Å²) >= 11 is 8.58. The van der Waals surface area contributed by atoms with Gasteiger partial charge in [-0.25, -0.2) is 0 Å². The molecule has 2 nitrogen and oxygen atoms in total. The summed E-state index contributed by atoms with van der Waals surface area (Å²) in [6, 6.07) is 5.97. The molecule has 0 aliphatic carbocycles. The Hall–Kier alpha value is -0.610. The molecule has 4 heteroatoms. The molecule has 106 valence electrons. The van der Waals surface area contributed by atoms with Crippen molar-refractivity contribution < 1.29 is 0 Å². The number of nitrogens with one attached hydrogen (secondary N) is 1. The molecule has 0 fully saturated rings. The van der Waals surface area contributed by atoms with Crippen LogP contribution < -0.4 is 11.1 Å². The molecule has 0 unspecified atom stereocenters. The first kappa shape index (κ1) is 16.4. The third-order valence-corrected chi connectivity index (χ3v) is 3.41. The van der Waals surface area contributed by atoms with Crippen molar-refractivity contribution in [2.45, 2.75) is 46.6 Å². The van der Waals surface area contributed by atoms with Gasteiger partial charge in [-0.2, -0.15) is 0 Å². The molecule has 0 aliphatic rings. The molecule has 1 rings (SSSR count). The van der Waals surface area contributed by atoms with Gasteiger partial charge in [-0.05, 0) is 43.9 Å². The number of anilines is 1. The van der Waals surface area contributed by atoms with Gasteiger partial charge in [0, 0.05) is 21.3 Å². The molecule has 0 heterocycles. The fourth-order valence-electron chi connectivity index (χ4n) is 2.56. The topological polar surface area (TPSA) is 38.0 Å². The molecule has 0 saturated heterocycles. The fourth-order valence-corrected chi connectivity index (χ4v) is 3.09. The number of benzene rings is 1. The van der Waals surface area contributed by atoms with Crippen LogP contribution in [0.4, 0.5) is 5.69 Å². The Labute approximate surface area is 130 Å². The fraction of sp³-hybridized carbons (Fsp3) is 0.533. The second kappa shape index (κ2) is 5.80. The van der Waals surface area contributed by atoms with Gasteiger partial charge in [0.05, 0.1) is 0 Å². The summed E-state index contributed by atoms with van der Waals surface area (Å²) in [6.45, 7) is 11.1. The molecule has 19 heavy (non-hydrogen) atoms. The van der Waals surface area contributed by atoms with Gasteiger partial charge in [0.25, 0.3) is 0 Å². The quantitative estimate of drug-likeness (QED) is 0.778. The molecule has 0 radical (unpaired) electrons. The molecule has 0 spiro atoms. The van der Waals surface area contributed by atoms with Gasteiger partial charge in [-0.15, -0.1) is 0 Å². The van der Waals surface area contributed by atoms with Gasteiger partial charge in [0.2, 0.25) is 0 Å². The summed E-state index contributed by atoms with van der Waals surface area (Å²) in [5, 5.41) is 3.56. The molecule has 0 amide bonds. The second-order valence-corrected chi connectivity index (χ2v) is 8.16. The normalized spacial score (nSPS) is 12.3. The third-order valence-electron chi connectivity index (χ3n) is 2.69. The maximum Gasteiger partial charge on any atom is 0.106 e. The number of nitrogens with two attached hydrogens (primary N) is 1. The van der Waals surface area contributed by atoms with Crippen molar-refractivity contribution in [1.29, 1.82) is 0 Å². The predicted octanol–water partition coefficient (Wildman–Crippen LogP) is 4.71. The van der Waals surface area contributed by atoms with E-state index in [1.807, 2.05) is 18.2 Å². The number of halogens is 1. The maximum atomic E-state index is 5.80. The monoisotopic (exact) mass is 342 g/mol. The van der Waals surface area contributed by atoms with E-state index in [-0.39, 0.29) is 11.0 Å². The molecule has 0 saturated carbocycles. The van der Waals surface area contributed by atoms with Crippen molar-refractivity contribution >= 4 is 38.8 Å². The largest absolute Gasteiger partial charge is 0.389 e. The highest BCUT2D eigenvalue weighted by molar-refractivity contribution is 9.10. The minimum absolute atomic E-state index is 0.0222. The van der Waals surface area contributed by atoms with Crippen LogP contribution in [0.3, 0.4) is 0 Å². The molecule has 1 aromatic carbocycles. The molecule has 0 aliphatic heterocycles. The standard InChI is InChI=1S/C15H23BrN2S/c1-14(2,3)9-15(4,5)18-12-7-6-10(16)8-11(12)13(17)19/h6-8,18H,9H2,1-5H3,(H2,17,19). The predicted molar refractivity (Wildman–Crippen MR) is 91.8 cm³/mol. The SMILES string of the molecule is CC(C)(C)CC(C)(C)Nc1ccc(Br)cc1C(N)=S. The lowest BCUT2D eigenvalue weighted by Crippen LogP contribution is -2.36. The molecule has 0 aromatic heterocycles. The van der Waals surface area contributed by atoms with Gasteiger partial charge in [0.15, 0.2) is 0 Å². The zero-order valence-electron chi connectivity index (χ0n) is 12.3. The van der Waals surface area contributed by atoms with E-state index in [1.54, 1.807) is 0 Å². The van der Waals surface area contributed by atoms with Gasteiger partial charge in [0.1, 0.15) is 4.99 Å². The van der Waals surface area contributed by atoms with Crippen molar-refractivity contribution in [3.63, 3.8) is 0 Å². The van der Waals surface area contributed by atoms with Gasteiger partial charge >= 0.3 is 0 Å². The van der Waals surface area contributed by atoms with Gasteiger partial charge in [-0.3, -0.25) is 0 Å². The van der Waals surface area contributed by atoms with Crippen LogP contribution in [-0.2, 0) is 0 Å². The highest BCUT2D eigenvalue weighted by Crippen LogP contribution is 2.31. The van der Waals surface area contributed by atoms with Crippen LogP contribution in [0.25, 0.3) is 0 Å². The molecule has 3 N–H and O–H groups in total. The van der Waals surface area contributed by atoms with Crippen molar-refractivity contribution in [2.24, 2.45) is 11.1 Å². The Bertz CT molecular complexity index is 476. The Kier molecular flexibility index (Phi) is 5.02. The van der Waals surface area contributed by atoms with Crippen LogP contribution in [0.15, 0.2) is 22.7 Å². The van der Waals surface area contributed by atoms with Crippen LogP contribution in [-0.4, -0.2) is 10.5 Å². The van der Waals surface area contributed by atoms with E-state index in [9.17, 15) is 0 Å². The highest BCUT2D eigenvalue weighted by Gasteiger charge is 2.26. The minimum Gasteiger partial charge on any atom is -0.389 e. The average Bonchev–Trinajstić information content (AvgIpc) is 2.16. The first-order valence-corrected chi connectivity index (χ1v) is 7.58. The third kappa shape index (κ3) is 5.49. The lowest BCUT2D eigenvalue weighted by atomic mass is 9.81. The van der Waals surface area contributed by atoms with E-state index >= 15 is 0 Å². The summed E-state index contributed by atoms with van der Waals surface area (Å²) in [4.78, 5) is 0.412. The van der Waals surface area contributed by atoms with E-state index in [0.29, 0.717) is 4.99 Å². The maximum absolute atomic E-state index is 5.80. The summed E-state index contributed by atoms with van der Waals surface area (Å²) in [5.74, 6) is 0. The number of thiocarbonyl (C=S) groups is 1. The zero-order valence-corrected chi connectivity index (χ0v) is 14.7. The summed E-state index contributed by atoms with van der Waals surface area (Å²) in [7, 11) is 0. The van der Waals surface area contributed by atoms with E-state index in [2.05, 4.69) is 55.9 Å². The Morgan fingerprint density at radius 1 is 1.26 bits per heavy atom. The Balaban J connectivity index is 3.02. The van der Waals surface area contributed by atoms with Gasteiger partial charge in [-0.1, -0.05) is 48.9 Å². The first-order chi connectivity index (χ1) is 8.50. The van der Waals surface area contributed by atoms with Crippen molar-refractivity contribution in [1.82, 2.24) is 0 Å². The Morgan fingerprint density at radius 3 is 2.32 bits per heavy atom. The van der Waals surface area contributed by atoms with E-state index in [1.165, 1.54) is 0 Å².